The van der Waals surface area contributed by atoms with E-state index in [1.807, 2.05) is 6.07 Å². The molecule has 1 heterocycles. The van der Waals surface area contributed by atoms with E-state index in [0.29, 0.717) is 41.7 Å². The maximum absolute atomic E-state index is 12.3. The number of methoxy groups -OCH3 is 3. The molecule has 26 heavy (non-hydrogen) atoms. The average molecular weight is 357 g/mol. The summed E-state index contributed by atoms with van der Waals surface area (Å²) in [6.45, 7) is 0.448. The summed E-state index contributed by atoms with van der Waals surface area (Å²) in [5.74, 6) is 1.72. The summed E-state index contributed by atoms with van der Waals surface area (Å²) >= 11 is 0. The SMILES string of the molecule is COc1cc(OC)cc(C(=O)O/N=C2/CCOc3cc(OC)ccc32)c1. The zero-order valence-electron chi connectivity index (χ0n) is 14.8. The molecule has 0 saturated carbocycles. The third-order valence-corrected chi connectivity index (χ3v) is 3.92. The molecule has 0 atom stereocenters. The fourth-order valence-electron chi connectivity index (χ4n) is 2.55. The molecule has 7 heteroatoms. The van der Waals surface area contributed by atoms with Crippen molar-refractivity contribution in [1.29, 1.82) is 0 Å². The Morgan fingerprint density at radius 1 is 0.962 bits per heavy atom. The van der Waals surface area contributed by atoms with E-state index in [2.05, 4.69) is 5.16 Å². The van der Waals surface area contributed by atoms with Gasteiger partial charge in [0, 0.05) is 24.1 Å². The average Bonchev–Trinajstić information content (AvgIpc) is 2.70. The van der Waals surface area contributed by atoms with Crippen LogP contribution in [0.1, 0.15) is 22.3 Å². The van der Waals surface area contributed by atoms with Crippen LogP contribution >= 0.6 is 0 Å². The Bertz CT molecular complexity index is 824. The lowest BCUT2D eigenvalue weighted by Crippen LogP contribution is -2.17. The lowest BCUT2D eigenvalue weighted by atomic mass is 10.0. The van der Waals surface area contributed by atoms with Crippen LogP contribution in [0, 0.1) is 0 Å². The van der Waals surface area contributed by atoms with E-state index in [1.54, 1.807) is 37.4 Å². The monoisotopic (exact) mass is 357 g/mol. The van der Waals surface area contributed by atoms with Crippen LogP contribution in [-0.2, 0) is 4.84 Å². The molecule has 0 aromatic heterocycles. The molecule has 0 N–H and O–H groups in total. The molecule has 2 aromatic carbocycles. The summed E-state index contributed by atoms with van der Waals surface area (Å²) in [5.41, 5.74) is 1.69. The molecule has 0 saturated heterocycles. The van der Waals surface area contributed by atoms with Crippen molar-refractivity contribution in [2.24, 2.45) is 5.16 Å². The molecule has 0 amide bonds. The number of ether oxygens (including phenoxy) is 4. The summed E-state index contributed by atoms with van der Waals surface area (Å²) in [4.78, 5) is 17.5. The molecule has 0 spiro atoms. The number of nitrogens with zero attached hydrogens (tertiary/aromatic N) is 1. The van der Waals surface area contributed by atoms with Gasteiger partial charge in [0.05, 0.1) is 39.2 Å². The van der Waals surface area contributed by atoms with Crippen LogP contribution < -0.4 is 18.9 Å². The first-order valence-corrected chi connectivity index (χ1v) is 7.97. The quantitative estimate of drug-likeness (QED) is 0.605. The van der Waals surface area contributed by atoms with Gasteiger partial charge in [-0.2, -0.15) is 0 Å². The fourth-order valence-corrected chi connectivity index (χ4v) is 2.55. The number of hydrogen-bond acceptors (Lipinski definition) is 7. The highest BCUT2D eigenvalue weighted by atomic mass is 16.7. The molecular formula is C19H19NO6. The van der Waals surface area contributed by atoms with Gasteiger partial charge in [-0.15, -0.1) is 0 Å². The van der Waals surface area contributed by atoms with Gasteiger partial charge in [-0.1, -0.05) is 5.16 Å². The lowest BCUT2D eigenvalue weighted by molar-refractivity contribution is 0.0513. The number of carbonyl (C=O) groups excluding carboxylic acids is 1. The molecule has 7 nitrogen and oxygen atoms in total. The first-order valence-electron chi connectivity index (χ1n) is 7.97. The Morgan fingerprint density at radius 3 is 2.31 bits per heavy atom. The minimum Gasteiger partial charge on any atom is -0.497 e. The third kappa shape index (κ3) is 3.72. The van der Waals surface area contributed by atoms with Crippen LogP contribution in [0.25, 0.3) is 0 Å². The second kappa shape index (κ2) is 7.77. The first-order chi connectivity index (χ1) is 12.6. The molecule has 2 aromatic rings. The third-order valence-electron chi connectivity index (χ3n) is 3.92. The zero-order chi connectivity index (χ0) is 18.5. The number of rotatable bonds is 5. The Morgan fingerprint density at radius 2 is 1.65 bits per heavy atom. The standard InChI is InChI=1S/C19H19NO6/c1-22-13-4-5-16-17(6-7-25-18(16)11-13)20-26-19(21)12-8-14(23-2)10-15(9-12)24-3/h4-5,8-11H,6-7H2,1-3H3/b20-17-. The van der Waals surface area contributed by atoms with Crippen molar-refractivity contribution in [3.8, 4) is 23.0 Å². The predicted molar refractivity (Wildman–Crippen MR) is 94.6 cm³/mol. The number of fused-ring (bicyclic) bond motifs is 1. The molecule has 0 aliphatic carbocycles. The van der Waals surface area contributed by atoms with Gasteiger partial charge in [0.25, 0.3) is 0 Å². The van der Waals surface area contributed by atoms with Crippen molar-refractivity contribution >= 4 is 11.7 Å². The van der Waals surface area contributed by atoms with E-state index >= 15 is 0 Å². The van der Waals surface area contributed by atoms with E-state index < -0.39 is 5.97 Å². The fraction of sp³-hybridized carbons (Fsp3) is 0.263. The summed E-state index contributed by atoms with van der Waals surface area (Å²) in [6.07, 6.45) is 0.536. The summed E-state index contributed by atoms with van der Waals surface area (Å²) in [5, 5.41) is 4.03. The van der Waals surface area contributed by atoms with Gasteiger partial charge in [0.2, 0.25) is 0 Å². The van der Waals surface area contributed by atoms with Crippen molar-refractivity contribution < 1.29 is 28.6 Å². The lowest BCUT2D eigenvalue weighted by Gasteiger charge is -2.19. The Kier molecular flexibility index (Phi) is 5.26. The molecule has 136 valence electrons. The predicted octanol–water partition coefficient (Wildman–Crippen LogP) is 3.06. The van der Waals surface area contributed by atoms with Crippen LogP contribution in [0.3, 0.4) is 0 Å². The van der Waals surface area contributed by atoms with Crippen molar-refractivity contribution in [3.05, 3.63) is 47.5 Å². The van der Waals surface area contributed by atoms with Crippen LogP contribution in [0.4, 0.5) is 0 Å². The molecule has 1 aliphatic rings. The second-order valence-electron chi connectivity index (χ2n) is 5.48. The van der Waals surface area contributed by atoms with Crippen molar-refractivity contribution in [1.82, 2.24) is 0 Å². The van der Waals surface area contributed by atoms with E-state index in [1.165, 1.54) is 14.2 Å². The van der Waals surface area contributed by atoms with Crippen LogP contribution in [-0.4, -0.2) is 39.6 Å². The highest BCUT2D eigenvalue weighted by molar-refractivity contribution is 6.04. The molecule has 0 radical (unpaired) electrons. The van der Waals surface area contributed by atoms with E-state index in [-0.39, 0.29) is 5.56 Å². The molecular weight excluding hydrogens is 338 g/mol. The van der Waals surface area contributed by atoms with E-state index in [9.17, 15) is 4.79 Å². The van der Waals surface area contributed by atoms with E-state index in [0.717, 1.165) is 5.56 Å². The van der Waals surface area contributed by atoms with Crippen molar-refractivity contribution in [2.75, 3.05) is 27.9 Å². The van der Waals surface area contributed by atoms with Crippen LogP contribution in [0.15, 0.2) is 41.6 Å². The second-order valence-corrected chi connectivity index (χ2v) is 5.48. The maximum Gasteiger partial charge on any atom is 0.366 e. The topological polar surface area (TPSA) is 75.6 Å². The molecule has 1 aliphatic heterocycles. The van der Waals surface area contributed by atoms with Gasteiger partial charge in [-0.05, 0) is 24.3 Å². The molecule has 3 rings (SSSR count). The van der Waals surface area contributed by atoms with Gasteiger partial charge < -0.3 is 23.8 Å². The van der Waals surface area contributed by atoms with Crippen molar-refractivity contribution in [3.63, 3.8) is 0 Å². The molecule has 0 unspecified atom stereocenters. The van der Waals surface area contributed by atoms with Crippen LogP contribution in [0.5, 0.6) is 23.0 Å². The molecule has 0 bridgehead atoms. The van der Waals surface area contributed by atoms with Gasteiger partial charge in [-0.25, -0.2) is 4.79 Å². The van der Waals surface area contributed by atoms with Crippen molar-refractivity contribution in [2.45, 2.75) is 6.42 Å². The van der Waals surface area contributed by atoms with E-state index in [4.69, 9.17) is 23.8 Å². The largest absolute Gasteiger partial charge is 0.497 e. The zero-order valence-corrected chi connectivity index (χ0v) is 14.8. The summed E-state index contributed by atoms with van der Waals surface area (Å²) in [7, 11) is 4.61. The highest BCUT2D eigenvalue weighted by Crippen LogP contribution is 2.29. The number of carbonyl (C=O) groups is 1. The molecule has 0 fully saturated rings. The van der Waals surface area contributed by atoms with Gasteiger partial charge in [-0.3, -0.25) is 0 Å². The Balaban J connectivity index is 1.82. The number of oxime groups is 1. The number of benzene rings is 2. The number of hydrogen-bond donors (Lipinski definition) is 0. The summed E-state index contributed by atoms with van der Waals surface area (Å²) < 4.78 is 21.1. The maximum atomic E-state index is 12.3. The summed E-state index contributed by atoms with van der Waals surface area (Å²) in [6, 6.07) is 10.2. The van der Waals surface area contributed by atoms with Gasteiger partial charge >= 0.3 is 5.97 Å². The van der Waals surface area contributed by atoms with Gasteiger partial charge in [0.1, 0.15) is 23.0 Å². The smallest absolute Gasteiger partial charge is 0.366 e. The Hall–Kier alpha value is -3.22. The minimum absolute atomic E-state index is 0.285. The minimum atomic E-state index is -0.601. The normalized spacial score (nSPS) is 14.2. The highest BCUT2D eigenvalue weighted by Gasteiger charge is 2.19. The first kappa shape index (κ1) is 17.6. The van der Waals surface area contributed by atoms with Crippen LogP contribution in [0.2, 0.25) is 0 Å². The van der Waals surface area contributed by atoms with Gasteiger partial charge in [0.15, 0.2) is 0 Å². The Labute approximate surface area is 151 Å².